The van der Waals surface area contributed by atoms with Crippen molar-refractivity contribution < 1.29 is 14.3 Å². The smallest absolute Gasteiger partial charge is 0.257 e. The lowest BCUT2D eigenvalue weighted by Crippen LogP contribution is -2.42. The van der Waals surface area contributed by atoms with Crippen molar-refractivity contribution in [3.8, 4) is 5.75 Å². The van der Waals surface area contributed by atoms with Crippen LogP contribution in [0.4, 0.5) is 0 Å². The van der Waals surface area contributed by atoms with Crippen molar-refractivity contribution in [1.82, 2.24) is 9.80 Å². The van der Waals surface area contributed by atoms with Gasteiger partial charge in [-0.1, -0.05) is 26.0 Å². The average Bonchev–Trinajstić information content (AvgIpc) is 3.20. The molecule has 1 atom stereocenters. The Morgan fingerprint density at radius 3 is 2.52 bits per heavy atom. The number of amides is 2. The van der Waals surface area contributed by atoms with Gasteiger partial charge < -0.3 is 14.5 Å². The van der Waals surface area contributed by atoms with Gasteiger partial charge in [-0.2, -0.15) is 0 Å². The quantitative estimate of drug-likeness (QED) is 0.767. The van der Waals surface area contributed by atoms with Crippen LogP contribution in [0.3, 0.4) is 0 Å². The highest BCUT2D eigenvalue weighted by atomic mass is 16.5. The molecule has 1 aromatic rings. The van der Waals surface area contributed by atoms with Gasteiger partial charge in [-0.05, 0) is 43.7 Å². The van der Waals surface area contributed by atoms with Crippen LogP contribution in [-0.4, -0.2) is 54.4 Å². The van der Waals surface area contributed by atoms with Crippen molar-refractivity contribution in [3.05, 3.63) is 29.8 Å². The second-order valence-electron chi connectivity index (χ2n) is 8.25. The molecular weight excluding hydrogens is 340 g/mol. The molecule has 0 spiro atoms. The van der Waals surface area contributed by atoms with Crippen molar-refractivity contribution in [2.45, 2.75) is 46.0 Å². The van der Waals surface area contributed by atoms with Crippen LogP contribution in [0.25, 0.3) is 0 Å². The number of ether oxygens (including phenoxy) is 1. The van der Waals surface area contributed by atoms with Crippen LogP contribution >= 0.6 is 0 Å². The monoisotopic (exact) mass is 372 g/mol. The highest BCUT2D eigenvalue weighted by molar-refractivity contribution is 5.97. The first-order valence-corrected chi connectivity index (χ1v) is 10.3. The summed E-state index contributed by atoms with van der Waals surface area (Å²) in [4.78, 5) is 29.0. The van der Waals surface area contributed by atoms with Crippen molar-refractivity contribution in [2.75, 3.05) is 32.8 Å². The minimum atomic E-state index is 0.0699. The van der Waals surface area contributed by atoms with Crippen molar-refractivity contribution in [1.29, 1.82) is 0 Å². The summed E-state index contributed by atoms with van der Waals surface area (Å²) in [5, 5.41) is 0. The van der Waals surface area contributed by atoms with E-state index < -0.39 is 0 Å². The third-order valence-corrected chi connectivity index (χ3v) is 5.44. The standard InChI is InChI=1S/C22H32N2O3/c1-17(2)14-21(25)24-13-7-8-18(15-24)16-27-20-10-4-3-9-19(20)22(26)23-11-5-6-12-23/h3-4,9-10,17-18H,5-8,11-16H2,1-2H3. The second kappa shape index (κ2) is 9.25. The minimum absolute atomic E-state index is 0.0699. The SMILES string of the molecule is CC(C)CC(=O)N1CCCC(COc2ccccc2C(=O)N2CCCC2)C1. The van der Waals surface area contributed by atoms with Crippen molar-refractivity contribution in [3.63, 3.8) is 0 Å². The summed E-state index contributed by atoms with van der Waals surface area (Å²) in [6, 6.07) is 7.54. The Morgan fingerprint density at radius 1 is 1.07 bits per heavy atom. The molecular formula is C22H32N2O3. The molecule has 0 radical (unpaired) electrons. The normalized spacial score (nSPS) is 20.2. The molecule has 2 heterocycles. The first-order chi connectivity index (χ1) is 13.0. The van der Waals surface area contributed by atoms with Gasteiger partial charge in [0.25, 0.3) is 5.91 Å². The van der Waals surface area contributed by atoms with Gasteiger partial charge >= 0.3 is 0 Å². The lowest BCUT2D eigenvalue weighted by atomic mass is 9.98. The number of likely N-dealkylation sites (tertiary alicyclic amines) is 2. The summed E-state index contributed by atoms with van der Waals surface area (Å²) in [6.07, 6.45) is 4.86. The van der Waals surface area contributed by atoms with Crippen LogP contribution in [-0.2, 0) is 4.79 Å². The van der Waals surface area contributed by atoms with Crippen LogP contribution in [0.1, 0.15) is 56.3 Å². The summed E-state index contributed by atoms with van der Waals surface area (Å²) in [5.74, 6) is 1.70. The third-order valence-electron chi connectivity index (χ3n) is 5.44. The predicted molar refractivity (Wildman–Crippen MR) is 106 cm³/mol. The topological polar surface area (TPSA) is 49.9 Å². The Kier molecular flexibility index (Phi) is 6.75. The number of carbonyl (C=O) groups excluding carboxylic acids is 2. The highest BCUT2D eigenvalue weighted by Gasteiger charge is 2.26. The molecule has 0 N–H and O–H groups in total. The van der Waals surface area contributed by atoms with Crippen LogP contribution in [0.5, 0.6) is 5.75 Å². The third kappa shape index (κ3) is 5.24. The van der Waals surface area contributed by atoms with Crippen LogP contribution in [0.2, 0.25) is 0 Å². The Balaban J connectivity index is 1.58. The van der Waals surface area contributed by atoms with Gasteiger partial charge in [-0.3, -0.25) is 9.59 Å². The van der Waals surface area contributed by atoms with E-state index in [4.69, 9.17) is 4.74 Å². The van der Waals surface area contributed by atoms with Gasteiger partial charge in [-0.15, -0.1) is 0 Å². The van der Waals surface area contributed by atoms with E-state index in [1.165, 1.54) is 0 Å². The van der Waals surface area contributed by atoms with E-state index in [0.717, 1.165) is 51.9 Å². The molecule has 0 aromatic heterocycles. The molecule has 3 rings (SSSR count). The molecule has 0 saturated carbocycles. The molecule has 2 amide bonds. The molecule has 1 aromatic carbocycles. The zero-order chi connectivity index (χ0) is 19.2. The molecule has 2 saturated heterocycles. The van der Waals surface area contributed by atoms with E-state index in [1.54, 1.807) is 0 Å². The summed E-state index contributed by atoms with van der Waals surface area (Å²) in [6.45, 7) is 7.99. The number of nitrogens with zero attached hydrogens (tertiary/aromatic N) is 2. The molecule has 27 heavy (non-hydrogen) atoms. The second-order valence-corrected chi connectivity index (χ2v) is 8.25. The Hall–Kier alpha value is -2.04. The summed E-state index contributed by atoms with van der Waals surface area (Å²) in [7, 11) is 0. The first-order valence-electron chi connectivity index (χ1n) is 10.3. The Morgan fingerprint density at radius 2 is 1.78 bits per heavy atom. The molecule has 0 aliphatic carbocycles. The zero-order valence-electron chi connectivity index (χ0n) is 16.7. The first kappa shape index (κ1) is 19.7. The molecule has 2 aliphatic rings. The maximum Gasteiger partial charge on any atom is 0.257 e. The van der Waals surface area contributed by atoms with E-state index in [0.29, 0.717) is 36.2 Å². The van der Waals surface area contributed by atoms with Gasteiger partial charge in [0.1, 0.15) is 5.75 Å². The van der Waals surface area contributed by atoms with Gasteiger partial charge in [0.05, 0.1) is 12.2 Å². The largest absolute Gasteiger partial charge is 0.492 e. The molecule has 1 unspecified atom stereocenters. The van der Waals surface area contributed by atoms with E-state index >= 15 is 0 Å². The van der Waals surface area contributed by atoms with Crippen LogP contribution < -0.4 is 4.74 Å². The van der Waals surface area contributed by atoms with Gasteiger partial charge in [0.15, 0.2) is 0 Å². The summed E-state index contributed by atoms with van der Waals surface area (Å²) < 4.78 is 6.08. The number of piperidine rings is 1. The Labute approximate surface area is 162 Å². The number of para-hydroxylation sites is 1. The number of carbonyl (C=O) groups is 2. The highest BCUT2D eigenvalue weighted by Crippen LogP contribution is 2.25. The van der Waals surface area contributed by atoms with Crippen molar-refractivity contribution >= 4 is 11.8 Å². The number of hydrogen-bond acceptors (Lipinski definition) is 3. The van der Waals surface area contributed by atoms with Crippen LogP contribution in [0, 0.1) is 11.8 Å². The van der Waals surface area contributed by atoms with E-state index in [-0.39, 0.29) is 11.8 Å². The Bertz CT molecular complexity index is 653. The fourth-order valence-electron chi connectivity index (χ4n) is 3.97. The zero-order valence-corrected chi connectivity index (χ0v) is 16.7. The maximum atomic E-state index is 12.8. The molecule has 5 nitrogen and oxygen atoms in total. The summed E-state index contributed by atoms with van der Waals surface area (Å²) in [5.41, 5.74) is 0.656. The maximum absolute atomic E-state index is 12.8. The lowest BCUT2D eigenvalue weighted by molar-refractivity contribution is -0.134. The minimum Gasteiger partial charge on any atom is -0.492 e. The summed E-state index contributed by atoms with van der Waals surface area (Å²) >= 11 is 0. The molecule has 148 valence electrons. The molecule has 5 heteroatoms. The van der Waals surface area contributed by atoms with E-state index in [2.05, 4.69) is 13.8 Å². The van der Waals surface area contributed by atoms with Gasteiger partial charge in [0, 0.05) is 38.5 Å². The van der Waals surface area contributed by atoms with Crippen LogP contribution in [0.15, 0.2) is 24.3 Å². The molecule has 0 bridgehead atoms. The lowest BCUT2D eigenvalue weighted by Gasteiger charge is -2.33. The number of benzene rings is 1. The number of hydrogen-bond donors (Lipinski definition) is 0. The molecule has 2 aliphatic heterocycles. The van der Waals surface area contributed by atoms with Gasteiger partial charge in [-0.25, -0.2) is 0 Å². The molecule has 2 fully saturated rings. The fraction of sp³-hybridized carbons (Fsp3) is 0.636. The van der Waals surface area contributed by atoms with E-state index in [9.17, 15) is 9.59 Å². The predicted octanol–water partition coefficient (Wildman–Crippen LogP) is 3.59. The fourth-order valence-corrected chi connectivity index (χ4v) is 3.97. The van der Waals surface area contributed by atoms with Gasteiger partial charge in [0.2, 0.25) is 5.91 Å². The van der Waals surface area contributed by atoms with E-state index in [1.807, 2.05) is 34.1 Å². The van der Waals surface area contributed by atoms with Crippen molar-refractivity contribution in [2.24, 2.45) is 11.8 Å². The average molecular weight is 373 g/mol. The number of rotatable bonds is 6.